The number of benzene rings is 2. The van der Waals surface area contributed by atoms with Crippen LogP contribution in [0.15, 0.2) is 48.5 Å². The summed E-state index contributed by atoms with van der Waals surface area (Å²) < 4.78 is 10.8. The number of carbonyl (C=O) groups is 3. The highest BCUT2D eigenvalue weighted by molar-refractivity contribution is 5.90. The molecule has 8 heteroatoms. The largest absolute Gasteiger partial charge is 0.493 e. The number of hydrogen-bond acceptors (Lipinski definition) is 5. The summed E-state index contributed by atoms with van der Waals surface area (Å²) in [5.41, 5.74) is 1.91. The Bertz CT molecular complexity index is 953. The summed E-state index contributed by atoms with van der Waals surface area (Å²) in [6.45, 7) is 7.77. The number of hydrogen-bond donors (Lipinski definition) is 3. The molecule has 0 spiro atoms. The molecule has 0 atom stereocenters. The molecular weight excluding hydrogens is 422 g/mol. The lowest BCUT2D eigenvalue weighted by atomic mass is 10.2. The molecule has 3 N–H and O–H groups in total. The predicted molar refractivity (Wildman–Crippen MR) is 127 cm³/mol. The van der Waals surface area contributed by atoms with Gasteiger partial charge in [0.25, 0.3) is 0 Å². The number of para-hydroxylation sites is 1. The quantitative estimate of drug-likeness (QED) is 0.471. The summed E-state index contributed by atoms with van der Waals surface area (Å²) in [6.07, 6.45) is 0.288. The fourth-order valence-electron chi connectivity index (χ4n) is 2.85. The van der Waals surface area contributed by atoms with E-state index in [1.807, 2.05) is 37.3 Å². The van der Waals surface area contributed by atoms with Gasteiger partial charge in [0.15, 0.2) is 0 Å². The lowest BCUT2D eigenvalue weighted by Crippen LogP contribution is -2.39. The number of aryl methyl sites for hydroxylation is 1. The Labute approximate surface area is 195 Å². The minimum absolute atomic E-state index is 0.105. The van der Waals surface area contributed by atoms with Gasteiger partial charge in [0.05, 0.1) is 6.61 Å². The van der Waals surface area contributed by atoms with Gasteiger partial charge in [-0.25, -0.2) is 4.79 Å². The Balaban J connectivity index is 1.69. The number of alkyl carbamates (subject to hydrolysis) is 1. The van der Waals surface area contributed by atoms with Gasteiger partial charge in [-0.1, -0.05) is 30.3 Å². The van der Waals surface area contributed by atoms with Crippen molar-refractivity contribution in [2.75, 3.05) is 18.5 Å². The lowest BCUT2D eigenvalue weighted by Gasteiger charge is -2.19. The minimum atomic E-state index is -0.647. The highest BCUT2D eigenvalue weighted by Crippen LogP contribution is 2.16. The van der Waals surface area contributed by atoms with Crippen molar-refractivity contribution in [3.63, 3.8) is 0 Å². The second-order valence-electron chi connectivity index (χ2n) is 8.60. The first-order valence-electron chi connectivity index (χ1n) is 10.9. The number of amides is 3. The van der Waals surface area contributed by atoms with Crippen LogP contribution in [-0.2, 0) is 20.9 Å². The zero-order valence-electron chi connectivity index (χ0n) is 19.7. The van der Waals surface area contributed by atoms with Crippen LogP contribution in [0, 0.1) is 6.92 Å². The van der Waals surface area contributed by atoms with E-state index >= 15 is 0 Å². The first kappa shape index (κ1) is 25.7. The maximum absolute atomic E-state index is 12.2. The van der Waals surface area contributed by atoms with E-state index in [4.69, 9.17) is 9.47 Å². The van der Waals surface area contributed by atoms with Crippen LogP contribution >= 0.6 is 0 Å². The number of carbonyl (C=O) groups excluding carboxylic acids is 3. The summed E-state index contributed by atoms with van der Waals surface area (Å²) in [5, 5.41) is 7.99. The lowest BCUT2D eigenvalue weighted by molar-refractivity contribution is -0.120. The van der Waals surface area contributed by atoms with Crippen molar-refractivity contribution in [1.29, 1.82) is 0 Å². The molecule has 178 valence electrons. The molecule has 0 radical (unpaired) electrons. The van der Waals surface area contributed by atoms with Crippen LogP contribution in [0.4, 0.5) is 10.5 Å². The topological polar surface area (TPSA) is 106 Å². The van der Waals surface area contributed by atoms with Crippen molar-refractivity contribution in [2.24, 2.45) is 0 Å². The molecule has 0 aliphatic rings. The predicted octanol–water partition coefficient (Wildman–Crippen LogP) is 3.93. The molecular formula is C25H33N3O5. The molecule has 0 aliphatic heterocycles. The summed E-state index contributed by atoms with van der Waals surface area (Å²) in [5.74, 6) is 0.379. The Morgan fingerprint density at radius 3 is 2.42 bits per heavy atom. The third kappa shape index (κ3) is 10.5. The first-order chi connectivity index (χ1) is 15.6. The highest BCUT2D eigenvalue weighted by Gasteiger charge is 2.16. The summed E-state index contributed by atoms with van der Waals surface area (Å²) in [7, 11) is 0. The van der Waals surface area contributed by atoms with Crippen molar-refractivity contribution < 1.29 is 23.9 Å². The summed E-state index contributed by atoms with van der Waals surface area (Å²) >= 11 is 0. The van der Waals surface area contributed by atoms with Crippen molar-refractivity contribution in [1.82, 2.24) is 10.6 Å². The van der Waals surface area contributed by atoms with Gasteiger partial charge in [-0.3, -0.25) is 9.59 Å². The number of rotatable bonds is 10. The maximum Gasteiger partial charge on any atom is 0.408 e. The molecule has 33 heavy (non-hydrogen) atoms. The second kappa shape index (κ2) is 12.5. The standard InChI is InChI=1S/C25H33N3O5/c1-18-9-5-6-12-21(18)32-14-8-13-22(29)28-20-11-7-10-19(15-20)16-26-23(30)17-27-24(31)33-25(2,3)4/h5-7,9-12,15H,8,13-14,16-17H2,1-4H3,(H,26,30)(H,27,31)(H,28,29). The average Bonchev–Trinajstić information content (AvgIpc) is 2.74. The minimum Gasteiger partial charge on any atom is -0.493 e. The Morgan fingerprint density at radius 1 is 0.939 bits per heavy atom. The van der Waals surface area contributed by atoms with Crippen LogP contribution in [0.25, 0.3) is 0 Å². The summed E-state index contributed by atoms with van der Waals surface area (Å²) in [6, 6.07) is 15.0. The van der Waals surface area contributed by atoms with E-state index in [0.717, 1.165) is 16.9 Å². The fraction of sp³-hybridized carbons (Fsp3) is 0.400. The molecule has 0 saturated heterocycles. The third-order valence-corrected chi connectivity index (χ3v) is 4.39. The van der Waals surface area contributed by atoms with E-state index in [9.17, 15) is 14.4 Å². The van der Waals surface area contributed by atoms with Crippen molar-refractivity contribution >= 4 is 23.6 Å². The molecule has 8 nitrogen and oxygen atoms in total. The molecule has 0 bridgehead atoms. The van der Waals surface area contributed by atoms with Crippen LogP contribution in [0.3, 0.4) is 0 Å². The number of ether oxygens (including phenoxy) is 2. The van der Waals surface area contributed by atoms with E-state index < -0.39 is 11.7 Å². The summed E-state index contributed by atoms with van der Waals surface area (Å²) in [4.78, 5) is 35.8. The number of anilines is 1. The Morgan fingerprint density at radius 2 is 1.70 bits per heavy atom. The normalized spacial score (nSPS) is 10.8. The van der Waals surface area contributed by atoms with Gasteiger partial charge >= 0.3 is 6.09 Å². The van der Waals surface area contributed by atoms with Crippen LogP contribution in [0.2, 0.25) is 0 Å². The van der Waals surface area contributed by atoms with Gasteiger partial charge in [0.2, 0.25) is 11.8 Å². The van der Waals surface area contributed by atoms with Gasteiger partial charge in [-0.15, -0.1) is 0 Å². The van der Waals surface area contributed by atoms with Crippen LogP contribution in [0.1, 0.15) is 44.7 Å². The Hall–Kier alpha value is -3.55. The molecule has 0 fully saturated rings. The van der Waals surface area contributed by atoms with Gasteiger partial charge in [-0.05, 0) is 63.4 Å². The molecule has 0 aromatic heterocycles. The molecule has 0 unspecified atom stereocenters. The smallest absolute Gasteiger partial charge is 0.408 e. The van der Waals surface area contributed by atoms with Crippen LogP contribution < -0.4 is 20.7 Å². The molecule has 2 rings (SSSR count). The molecule has 3 amide bonds. The fourth-order valence-corrected chi connectivity index (χ4v) is 2.85. The number of nitrogens with one attached hydrogen (secondary N) is 3. The third-order valence-electron chi connectivity index (χ3n) is 4.39. The molecule has 0 saturated carbocycles. The van der Waals surface area contributed by atoms with Gasteiger partial charge in [0.1, 0.15) is 17.9 Å². The van der Waals surface area contributed by atoms with Crippen molar-refractivity contribution in [3.05, 3.63) is 59.7 Å². The zero-order chi connectivity index (χ0) is 24.3. The second-order valence-corrected chi connectivity index (χ2v) is 8.60. The van der Waals surface area contributed by atoms with Crippen molar-refractivity contribution in [3.8, 4) is 5.75 Å². The SMILES string of the molecule is Cc1ccccc1OCCCC(=O)Nc1cccc(CNC(=O)CNC(=O)OC(C)(C)C)c1. The average molecular weight is 456 g/mol. The zero-order valence-corrected chi connectivity index (χ0v) is 19.7. The van der Waals surface area contributed by atoms with E-state index in [2.05, 4.69) is 16.0 Å². The van der Waals surface area contributed by atoms with Gasteiger partial charge < -0.3 is 25.4 Å². The van der Waals surface area contributed by atoms with Crippen LogP contribution in [0.5, 0.6) is 5.75 Å². The first-order valence-corrected chi connectivity index (χ1v) is 10.9. The monoisotopic (exact) mass is 455 g/mol. The van der Waals surface area contributed by atoms with Gasteiger partial charge in [-0.2, -0.15) is 0 Å². The van der Waals surface area contributed by atoms with E-state index in [0.29, 0.717) is 25.1 Å². The molecule has 0 aliphatic carbocycles. The molecule has 0 heterocycles. The molecule has 2 aromatic carbocycles. The highest BCUT2D eigenvalue weighted by atomic mass is 16.6. The van der Waals surface area contributed by atoms with E-state index in [1.165, 1.54) is 0 Å². The van der Waals surface area contributed by atoms with Crippen LogP contribution in [-0.4, -0.2) is 36.7 Å². The van der Waals surface area contributed by atoms with Crippen molar-refractivity contribution in [2.45, 2.75) is 52.7 Å². The van der Waals surface area contributed by atoms with E-state index in [1.54, 1.807) is 39.0 Å². The van der Waals surface area contributed by atoms with E-state index in [-0.39, 0.29) is 24.9 Å². The maximum atomic E-state index is 12.2. The molecule has 2 aromatic rings. The Kier molecular flexibility index (Phi) is 9.72. The van der Waals surface area contributed by atoms with Gasteiger partial charge in [0, 0.05) is 18.7 Å².